The highest BCUT2D eigenvalue weighted by atomic mass is 16.7. The summed E-state index contributed by atoms with van der Waals surface area (Å²) in [7, 11) is 0. The average Bonchev–Trinajstić information content (AvgIpc) is 3.07. The number of carbonyl (C=O) groups excluding carboxylic acids is 3. The molecule has 1 aliphatic rings. The molecule has 1 aliphatic heterocycles. The number of nitrogens with two attached hydrogens (primary N) is 1. The number of hydrogen-bond acceptors (Lipinski definition) is 5. The molecule has 0 saturated heterocycles. The van der Waals surface area contributed by atoms with Gasteiger partial charge in [0.2, 0.25) is 6.79 Å². The molecule has 3 amide bonds. The van der Waals surface area contributed by atoms with Crippen molar-refractivity contribution in [1.29, 1.82) is 0 Å². The largest absolute Gasteiger partial charge is 0.454 e. The van der Waals surface area contributed by atoms with Crippen molar-refractivity contribution in [2.45, 2.75) is 6.54 Å². The van der Waals surface area contributed by atoms with Gasteiger partial charge in [-0.1, -0.05) is 18.2 Å². The van der Waals surface area contributed by atoms with Crippen LogP contribution in [0.25, 0.3) is 0 Å². The predicted octanol–water partition coefficient (Wildman–Crippen LogP) is 0.769. The molecular formula is C17H15N3O5. The monoisotopic (exact) mass is 341 g/mol. The highest BCUT2D eigenvalue weighted by Gasteiger charge is 2.16. The van der Waals surface area contributed by atoms with E-state index in [0.29, 0.717) is 11.5 Å². The van der Waals surface area contributed by atoms with Crippen LogP contribution in [-0.4, -0.2) is 24.5 Å². The molecule has 0 radical (unpaired) electrons. The van der Waals surface area contributed by atoms with Crippen molar-refractivity contribution in [1.82, 2.24) is 5.32 Å². The number of fused-ring (bicyclic) bond motifs is 1. The van der Waals surface area contributed by atoms with Gasteiger partial charge >= 0.3 is 11.8 Å². The van der Waals surface area contributed by atoms with Gasteiger partial charge in [-0.05, 0) is 29.8 Å². The Morgan fingerprint density at radius 2 is 1.80 bits per heavy atom. The fraction of sp³-hybridized carbons (Fsp3) is 0.118. The number of ether oxygens (including phenoxy) is 2. The van der Waals surface area contributed by atoms with Gasteiger partial charge in [0, 0.05) is 6.54 Å². The van der Waals surface area contributed by atoms with E-state index in [2.05, 4.69) is 10.6 Å². The van der Waals surface area contributed by atoms with Crippen LogP contribution in [0.5, 0.6) is 11.5 Å². The lowest BCUT2D eigenvalue weighted by atomic mass is 10.1. The van der Waals surface area contributed by atoms with E-state index in [1.165, 1.54) is 12.1 Å². The van der Waals surface area contributed by atoms with Gasteiger partial charge < -0.3 is 25.8 Å². The molecule has 3 rings (SSSR count). The zero-order chi connectivity index (χ0) is 17.8. The smallest absolute Gasteiger partial charge is 0.313 e. The summed E-state index contributed by atoms with van der Waals surface area (Å²) < 4.78 is 10.5. The Morgan fingerprint density at radius 3 is 2.60 bits per heavy atom. The molecule has 0 aliphatic carbocycles. The molecule has 25 heavy (non-hydrogen) atoms. The van der Waals surface area contributed by atoms with Gasteiger partial charge in [-0.15, -0.1) is 0 Å². The van der Waals surface area contributed by atoms with Crippen molar-refractivity contribution in [3.05, 3.63) is 53.6 Å². The summed E-state index contributed by atoms with van der Waals surface area (Å²) in [6.07, 6.45) is 0. The Bertz CT molecular complexity index is 850. The minimum atomic E-state index is -1.13. The number of anilines is 1. The maximum Gasteiger partial charge on any atom is 0.313 e. The van der Waals surface area contributed by atoms with Crippen molar-refractivity contribution in [3.8, 4) is 11.5 Å². The van der Waals surface area contributed by atoms with Crippen LogP contribution in [0.3, 0.4) is 0 Å². The Hall–Kier alpha value is -3.55. The van der Waals surface area contributed by atoms with E-state index in [0.717, 1.165) is 5.56 Å². The number of primary amides is 1. The molecule has 8 heteroatoms. The standard InChI is InChI=1S/C17H15N3O5/c18-15(21)17(23)20-12-4-2-1-3-11(12)16(22)19-8-10-5-6-13-14(7-10)25-9-24-13/h1-7H,8-9H2,(H2,18,21)(H,19,22)(H,20,23). The molecule has 2 aromatic carbocycles. The maximum atomic E-state index is 12.4. The first kappa shape index (κ1) is 16.3. The van der Waals surface area contributed by atoms with Gasteiger partial charge in [0.05, 0.1) is 11.3 Å². The summed E-state index contributed by atoms with van der Waals surface area (Å²) in [6.45, 7) is 0.436. The van der Waals surface area contributed by atoms with Crippen LogP contribution < -0.4 is 25.8 Å². The highest BCUT2D eigenvalue weighted by Crippen LogP contribution is 2.32. The average molecular weight is 341 g/mol. The van der Waals surface area contributed by atoms with Crippen molar-refractivity contribution < 1.29 is 23.9 Å². The third kappa shape index (κ3) is 3.69. The van der Waals surface area contributed by atoms with Crippen molar-refractivity contribution in [2.24, 2.45) is 5.73 Å². The molecule has 0 saturated carbocycles. The van der Waals surface area contributed by atoms with Crippen LogP contribution in [0.15, 0.2) is 42.5 Å². The Balaban J connectivity index is 1.69. The van der Waals surface area contributed by atoms with Crippen LogP contribution >= 0.6 is 0 Å². The maximum absolute atomic E-state index is 12.4. The van der Waals surface area contributed by atoms with Gasteiger partial charge in [0.25, 0.3) is 5.91 Å². The summed E-state index contributed by atoms with van der Waals surface area (Å²) in [5.41, 5.74) is 6.17. The summed E-state index contributed by atoms with van der Waals surface area (Å²) >= 11 is 0. The third-order valence-electron chi connectivity index (χ3n) is 3.53. The Morgan fingerprint density at radius 1 is 1.04 bits per heavy atom. The summed E-state index contributed by atoms with van der Waals surface area (Å²) in [4.78, 5) is 34.7. The van der Waals surface area contributed by atoms with E-state index >= 15 is 0 Å². The van der Waals surface area contributed by atoms with E-state index in [1.807, 2.05) is 6.07 Å². The van der Waals surface area contributed by atoms with Gasteiger partial charge in [-0.25, -0.2) is 0 Å². The molecule has 0 bridgehead atoms. The van der Waals surface area contributed by atoms with Gasteiger partial charge in [0.1, 0.15) is 0 Å². The van der Waals surface area contributed by atoms with Crippen LogP contribution in [0.4, 0.5) is 5.69 Å². The zero-order valence-corrected chi connectivity index (χ0v) is 13.1. The molecule has 1 heterocycles. The summed E-state index contributed by atoms with van der Waals surface area (Å²) in [5.74, 6) is -1.24. The fourth-order valence-corrected chi connectivity index (χ4v) is 2.30. The van der Waals surface area contributed by atoms with Crippen LogP contribution in [0, 0.1) is 0 Å². The molecule has 128 valence electrons. The molecule has 0 aromatic heterocycles. The Labute approximate surface area is 142 Å². The van der Waals surface area contributed by atoms with Crippen LogP contribution in [-0.2, 0) is 16.1 Å². The molecule has 0 atom stereocenters. The first-order valence-corrected chi connectivity index (χ1v) is 7.41. The normalized spacial score (nSPS) is 11.7. The summed E-state index contributed by atoms with van der Waals surface area (Å²) in [5, 5.41) is 5.06. The van der Waals surface area contributed by atoms with Gasteiger partial charge in [-0.3, -0.25) is 14.4 Å². The lowest BCUT2D eigenvalue weighted by molar-refractivity contribution is -0.134. The second-order valence-corrected chi connectivity index (χ2v) is 5.23. The molecule has 0 spiro atoms. The number of benzene rings is 2. The number of rotatable bonds is 4. The second-order valence-electron chi connectivity index (χ2n) is 5.23. The number of carbonyl (C=O) groups is 3. The minimum Gasteiger partial charge on any atom is -0.454 e. The molecule has 0 unspecified atom stereocenters. The first-order chi connectivity index (χ1) is 12.0. The molecule has 0 fully saturated rings. The van der Waals surface area contributed by atoms with Crippen molar-refractivity contribution in [2.75, 3.05) is 12.1 Å². The van der Waals surface area contributed by atoms with Crippen LogP contribution in [0.1, 0.15) is 15.9 Å². The molecule has 2 aromatic rings. The third-order valence-corrected chi connectivity index (χ3v) is 3.53. The van der Waals surface area contributed by atoms with E-state index in [-0.39, 0.29) is 24.6 Å². The van der Waals surface area contributed by atoms with Gasteiger partial charge in [-0.2, -0.15) is 0 Å². The highest BCUT2D eigenvalue weighted by molar-refractivity contribution is 6.39. The summed E-state index contributed by atoms with van der Waals surface area (Å²) in [6, 6.07) is 11.7. The lowest BCUT2D eigenvalue weighted by Gasteiger charge is -2.11. The SMILES string of the molecule is NC(=O)C(=O)Nc1ccccc1C(=O)NCc1ccc2c(c1)OCO2. The number of para-hydroxylation sites is 1. The first-order valence-electron chi connectivity index (χ1n) is 7.41. The minimum absolute atomic E-state index is 0.179. The van der Waals surface area contributed by atoms with E-state index in [9.17, 15) is 14.4 Å². The fourth-order valence-electron chi connectivity index (χ4n) is 2.30. The van der Waals surface area contributed by atoms with E-state index in [4.69, 9.17) is 15.2 Å². The topological polar surface area (TPSA) is 120 Å². The quantitative estimate of drug-likeness (QED) is 0.710. The second kappa shape index (κ2) is 6.91. The van der Waals surface area contributed by atoms with Crippen molar-refractivity contribution in [3.63, 3.8) is 0 Å². The van der Waals surface area contributed by atoms with Crippen molar-refractivity contribution >= 4 is 23.4 Å². The Kier molecular flexibility index (Phi) is 4.51. The van der Waals surface area contributed by atoms with Gasteiger partial charge in [0.15, 0.2) is 11.5 Å². The number of nitrogens with one attached hydrogen (secondary N) is 2. The number of amides is 3. The zero-order valence-electron chi connectivity index (χ0n) is 13.1. The molecule has 8 nitrogen and oxygen atoms in total. The van der Waals surface area contributed by atoms with E-state index < -0.39 is 17.7 Å². The molecule has 4 N–H and O–H groups in total. The number of hydrogen-bond donors (Lipinski definition) is 3. The lowest BCUT2D eigenvalue weighted by Crippen LogP contribution is -2.31. The van der Waals surface area contributed by atoms with E-state index in [1.54, 1.807) is 24.3 Å². The molecular weight excluding hydrogens is 326 g/mol. The predicted molar refractivity (Wildman–Crippen MR) is 88.0 cm³/mol. The van der Waals surface area contributed by atoms with Crippen LogP contribution in [0.2, 0.25) is 0 Å².